The normalized spacial score (nSPS) is 16.6. The highest BCUT2D eigenvalue weighted by Crippen LogP contribution is 2.33. The van der Waals surface area contributed by atoms with Crippen LogP contribution in [-0.2, 0) is 0 Å². The number of benzene rings is 3. The molecule has 1 aromatic heterocycles. The molecule has 2 N–H and O–H groups in total. The van der Waals surface area contributed by atoms with Crippen LogP contribution in [0.15, 0.2) is 60.8 Å². The molecule has 11 nitrogen and oxygen atoms in total. The zero-order valence-corrected chi connectivity index (χ0v) is 31.5. The zero-order chi connectivity index (χ0) is 37.5. The Morgan fingerprint density at radius 1 is 1.00 bits per heavy atom. The van der Waals surface area contributed by atoms with Gasteiger partial charge in [0.15, 0.2) is 11.6 Å². The largest absolute Gasteiger partial charge is 0.490 e. The fourth-order valence-corrected chi connectivity index (χ4v) is 7.01. The second kappa shape index (κ2) is 17.4. The molecule has 1 atom stereocenters. The summed E-state index contributed by atoms with van der Waals surface area (Å²) in [5.74, 6) is -0.442. The molecule has 4 aromatic rings. The van der Waals surface area contributed by atoms with E-state index in [-0.39, 0.29) is 39.8 Å². The number of amides is 2. The highest BCUT2D eigenvalue weighted by atomic mass is 35.5. The zero-order valence-electron chi connectivity index (χ0n) is 30.8. The van der Waals surface area contributed by atoms with Crippen molar-refractivity contribution >= 4 is 40.7 Å². The molecule has 2 aliphatic heterocycles. The van der Waals surface area contributed by atoms with Gasteiger partial charge in [-0.05, 0) is 94.7 Å². The molecule has 3 aromatic carbocycles. The molecule has 1 unspecified atom stereocenters. The van der Waals surface area contributed by atoms with Crippen molar-refractivity contribution in [3.05, 3.63) is 93.9 Å². The Balaban J connectivity index is 1.21. The lowest BCUT2D eigenvalue weighted by atomic mass is 10.00. The van der Waals surface area contributed by atoms with Crippen LogP contribution in [0.1, 0.15) is 58.0 Å². The molecule has 53 heavy (non-hydrogen) atoms. The summed E-state index contributed by atoms with van der Waals surface area (Å²) < 4.78 is 27.2. The smallest absolute Gasteiger partial charge is 0.262 e. The van der Waals surface area contributed by atoms with Crippen LogP contribution >= 0.6 is 11.6 Å². The number of ether oxygens (including phenoxy) is 2. The summed E-state index contributed by atoms with van der Waals surface area (Å²) in [6.45, 7) is 12.3. The third-order valence-corrected chi connectivity index (χ3v) is 9.98. The first-order chi connectivity index (χ1) is 25.6. The van der Waals surface area contributed by atoms with E-state index in [9.17, 15) is 9.59 Å². The molecule has 13 heteroatoms. The van der Waals surface area contributed by atoms with Crippen molar-refractivity contribution in [3.63, 3.8) is 0 Å². The highest BCUT2D eigenvalue weighted by Gasteiger charge is 2.24. The van der Waals surface area contributed by atoms with Crippen LogP contribution in [0, 0.1) is 25.6 Å². The number of para-hydroxylation sites is 1. The number of hydrogen-bond acceptors (Lipinski definition) is 9. The molecule has 2 fully saturated rings. The van der Waals surface area contributed by atoms with E-state index in [1.165, 1.54) is 12.3 Å². The molecule has 0 radical (unpaired) electrons. The summed E-state index contributed by atoms with van der Waals surface area (Å²) in [4.78, 5) is 42.4. The van der Waals surface area contributed by atoms with Gasteiger partial charge in [-0.1, -0.05) is 36.7 Å². The third-order valence-electron chi connectivity index (χ3n) is 9.69. The molecule has 2 aliphatic rings. The van der Waals surface area contributed by atoms with Crippen molar-refractivity contribution < 1.29 is 23.5 Å². The van der Waals surface area contributed by atoms with Crippen LogP contribution in [-0.4, -0.2) is 95.9 Å². The Bertz CT molecular complexity index is 1920. The van der Waals surface area contributed by atoms with Crippen LogP contribution in [0.4, 0.5) is 21.7 Å². The van der Waals surface area contributed by atoms with E-state index in [1.807, 2.05) is 36.9 Å². The van der Waals surface area contributed by atoms with Gasteiger partial charge in [0.2, 0.25) is 11.8 Å². The number of carbonyl (C=O) groups excluding carboxylic acids is 2. The summed E-state index contributed by atoms with van der Waals surface area (Å²) in [5, 5.41) is 6.14. The molecule has 2 amide bonds. The number of aryl methyl sites for hydroxylation is 2. The van der Waals surface area contributed by atoms with Crippen molar-refractivity contribution in [1.82, 2.24) is 24.7 Å². The van der Waals surface area contributed by atoms with Gasteiger partial charge in [-0.3, -0.25) is 14.5 Å². The number of carbonyl (C=O) groups is 2. The number of nitrogens with zero attached hydrogens (tertiary/aromatic N) is 5. The molecule has 6 rings (SSSR count). The van der Waals surface area contributed by atoms with Gasteiger partial charge in [0.05, 0.1) is 11.6 Å². The average molecular weight is 744 g/mol. The van der Waals surface area contributed by atoms with Gasteiger partial charge >= 0.3 is 0 Å². The van der Waals surface area contributed by atoms with Crippen LogP contribution in [0.2, 0.25) is 5.02 Å². The lowest BCUT2D eigenvalue weighted by molar-refractivity contribution is 0.0637. The van der Waals surface area contributed by atoms with Crippen molar-refractivity contribution in [2.45, 2.75) is 40.0 Å². The Morgan fingerprint density at radius 3 is 2.45 bits per heavy atom. The van der Waals surface area contributed by atoms with E-state index in [4.69, 9.17) is 21.1 Å². The maximum Gasteiger partial charge on any atom is 0.262 e. The Hall–Kier alpha value is -4.78. The van der Waals surface area contributed by atoms with Crippen molar-refractivity contribution in [3.8, 4) is 17.4 Å². The fourth-order valence-electron chi connectivity index (χ4n) is 6.79. The highest BCUT2D eigenvalue weighted by molar-refractivity contribution is 6.32. The van der Waals surface area contributed by atoms with Crippen LogP contribution in [0.25, 0.3) is 0 Å². The molecule has 0 aliphatic carbocycles. The first-order valence-electron chi connectivity index (χ1n) is 18.2. The molecular weight excluding hydrogens is 697 g/mol. The van der Waals surface area contributed by atoms with E-state index in [0.717, 1.165) is 63.1 Å². The Morgan fingerprint density at radius 2 is 1.75 bits per heavy atom. The number of rotatable bonds is 12. The monoisotopic (exact) mass is 743 g/mol. The summed E-state index contributed by atoms with van der Waals surface area (Å²) in [6.07, 6.45) is 4.56. The summed E-state index contributed by atoms with van der Waals surface area (Å²) in [5.41, 5.74) is 3.29. The molecule has 0 bridgehead atoms. The van der Waals surface area contributed by atoms with Crippen LogP contribution in [0.5, 0.6) is 17.4 Å². The van der Waals surface area contributed by atoms with Crippen LogP contribution in [0.3, 0.4) is 0 Å². The predicted molar refractivity (Wildman–Crippen MR) is 205 cm³/mol. The molecule has 0 spiro atoms. The predicted octanol–water partition coefficient (Wildman–Crippen LogP) is 7.56. The lowest BCUT2D eigenvalue weighted by Crippen LogP contribution is -2.48. The van der Waals surface area contributed by atoms with Gasteiger partial charge in [0, 0.05) is 67.8 Å². The summed E-state index contributed by atoms with van der Waals surface area (Å²) >= 11 is 6.69. The van der Waals surface area contributed by atoms with Gasteiger partial charge in [0.1, 0.15) is 11.3 Å². The number of piperidine rings is 1. The number of anilines is 3. The Kier molecular flexibility index (Phi) is 12.4. The molecule has 280 valence electrons. The number of aromatic nitrogens is 2. The second-order valence-electron chi connectivity index (χ2n) is 13.9. The van der Waals surface area contributed by atoms with Crippen molar-refractivity contribution in [1.29, 1.82) is 0 Å². The first kappa shape index (κ1) is 38.0. The molecule has 0 saturated carbocycles. The maximum atomic E-state index is 15.2. The van der Waals surface area contributed by atoms with Crippen molar-refractivity contribution in [2.75, 3.05) is 70.1 Å². The standard InChI is InChI=1S/C40H47ClFN7O4/c1-5-15-48-17-19-49(20-18-48)39(51)29-11-13-34(32(41)21-29)53-38-31(37(50)45-36-26(2)8-6-9-27(36)3)23-43-40(46-38)44-30-12-14-35(33(42)22-30)52-25-28-10-7-16-47(4)24-28/h6,8-9,11-14,21-23,28H,5,7,10,15-20,24-25H2,1-4H3,(H,45,50)(H,43,44,46). The van der Waals surface area contributed by atoms with Crippen LogP contribution < -0.4 is 20.1 Å². The Labute approximate surface area is 315 Å². The van der Waals surface area contributed by atoms with E-state index in [2.05, 4.69) is 44.4 Å². The van der Waals surface area contributed by atoms with Crippen molar-refractivity contribution in [2.24, 2.45) is 5.92 Å². The van der Waals surface area contributed by atoms with E-state index >= 15 is 4.39 Å². The number of hydrogen-bond donors (Lipinski definition) is 2. The lowest BCUT2D eigenvalue weighted by Gasteiger charge is -2.34. The summed E-state index contributed by atoms with van der Waals surface area (Å²) in [6, 6.07) is 15.1. The maximum absolute atomic E-state index is 15.2. The average Bonchev–Trinajstić information content (AvgIpc) is 3.14. The minimum absolute atomic E-state index is 0.0441. The SMILES string of the molecule is CCCN1CCN(C(=O)c2ccc(Oc3nc(Nc4ccc(OCC5CCCN(C)C5)c(F)c4)ncc3C(=O)Nc3c(C)cccc3C)c(Cl)c2)CC1. The summed E-state index contributed by atoms with van der Waals surface area (Å²) in [7, 11) is 2.08. The van der Waals surface area contributed by atoms with E-state index < -0.39 is 11.7 Å². The molecular formula is C40H47ClFN7O4. The quantitative estimate of drug-likeness (QED) is 0.152. The van der Waals surface area contributed by atoms with E-state index in [1.54, 1.807) is 30.3 Å². The number of halogens is 2. The van der Waals surface area contributed by atoms with Gasteiger partial charge in [-0.15, -0.1) is 0 Å². The van der Waals surface area contributed by atoms with Gasteiger partial charge in [-0.25, -0.2) is 9.37 Å². The number of piperazine rings is 1. The fraction of sp³-hybridized carbons (Fsp3) is 0.400. The first-order valence-corrected chi connectivity index (χ1v) is 18.6. The van der Waals surface area contributed by atoms with E-state index in [0.29, 0.717) is 42.6 Å². The minimum atomic E-state index is -0.524. The van der Waals surface area contributed by atoms with Gasteiger partial charge in [0.25, 0.3) is 11.8 Å². The molecule has 2 saturated heterocycles. The topological polar surface area (TPSA) is 112 Å². The third kappa shape index (κ3) is 9.61. The minimum Gasteiger partial charge on any atom is -0.490 e. The molecule has 3 heterocycles. The van der Waals surface area contributed by atoms with Gasteiger partial charge in [-0.2, -0.15) is 4.98 Å². The van der Waals surface area contributed by atoms with Gasteiger partial charge < -0.3 is 29.9 Å². The number of nitrogens with one attached hydrogen (secondary N) is 2. The second-order valence-corrected chi connectivity index (χ2v) is 14.3. The number of likely N-dealkylation sites (tertiary alicyclic amines) is 1.